The number of pyridine rings is 1. The highest BCUT2D eigenvalue weighted by Gasteiger charge is 2.18. The van der Waals surface area contributed by atoms with Gasteiger partial charge in [-0.05, 0) is 41.5 Å². The van der Waals surface area contributed by atoms with Crippen molar-refractivity contribution in [3.63, 3.8) is 0 Å². The third-order valence-electron chi connectivity index (χ3n) is 8.39. The average molecular weight is 562 g/mol. The fourth-order valence-corrected chi connectivity index (χ4v) is 6.35. The highest BCUT2D eigenvalue weighted by atomic mass is 15.1. The number of terminal acetylenes is 1. The molecule has 44 heavy (non-hydrogen) atoms. The molecule has 8 aromatic rings. The summed E-state index contributed by atoms with van der Waals surface area (Å²) in [5, 5.41) is 6.94. The van der Waals surface area contributed by atoms with Crippen molar-refractivity contribution >= 4 is 60.1 Å². The first-order chi connectivity index (χ1) is 21.7. The van der Waals surface area contributed by atoms with Crippen molar-refractivity contribution in [3.05, 3.63) is 140 Å². The van der Waals surface area contributed by atoms with Gasteiger partial charge in [-0.3, -0.25) is 4.57 Å². The van der Waals surface area contributed by atoms with E-state index in [0.717, 1.165) is 66.3 Å². The predicted molar refractivity (Wildman–Crippen MR) is 186 cm³/mol. The van der Waals surface area contributed by atoms with Gasteiger partial charge in [0.1, 0.15) is 5.82 Å². The number of fused-ring (bicyclic) bond motifs is 7. The Balaban J connectivity index is 1.39. The second-order valence-corrected chi connectivity index (χ2v) is 10.9. The first-order valence-electron chi connectivity index (χ1n) is 14.8. The van der Waals surface area contributed by atoms with Gasteiger partial charge in [0.2, 0.25) is 0 Å². The van der Waals surface area contributed by atoms with Gasteiger partial charge in [-0.2, -0.15) is 0 Å². The van der Waals surface area contributed by atoms with Crippen molar-refractivity contribution in [2.45, 2.75) is 6.92 Å². The highest BCUT2D eigenvalue weighted by molar-refractivity contribution is 6.21. The van der Waals surface area contributed by atoms with Crippen LogP contribution in [0.4, 0.5) is 0 Å². The molecule has 0 fully saturated rings. The first-order valence-corrected chi connectivity index (χ1v) is 14.8. The van der Waals surface area contributed by atoms with E-state index in [1.54, 1.807) is 0 Å². The lowest BCUT2D eigenvalue weighted by molar-refractivity contribution is 1.15. The summed E-state index contributed by atoms with van der Waals surface area (Å²) >= 11 is 0. The summed E-state index contributed by atoms with van der Waals surface area (Å²) in [5.41, 5.74) is 7.94. The second kappa shape index (κ2) is 10.4. The zero-order chi connectivity index (χ0) is 29.6. The standard InChI is InChI=1S/C41H27N3/c1-3-5-14-31(4-2)44-37-18-11-10-17-36(37)42-41(44)30-21-19-29(20-22-30)38-34-25-23-27-12-6-8-15-32(27)39(34)43-40-33-16-9-7-13-28(33)24-26-35(38)40/h2-3,5-26H,1H3/b5-3-,31-14+. The number of benzene rings is 6. The Morgan fingerprint density at radius 3 is 1.86 bits per heavy atom. The fourth-order valence-electron chi connectivity index (χ4n) is 6.35. The van der Waals surface area contributed by atoms with Crippen LogP contribution in [0, 0.1) is 12.3 Å². The van der Waals surface area contributed by atoms with Gasteiger partial charge in [-0.25, -0.2) is 9.97 Å². The third kappa shape index (κ3) is 4.01. The van der Waals surface area contributed by atoms with Crippen LogP contribution < -0.4 is 0 Å². The number of aromatic nitrogens is 3. The Bertz CT molecular complexity index is 2410. The molecule has 2 aromatic heterocycles. The molecule has 8 rings (SSSR count). The van der Waals surface area contributed by atoms with E-state index >= 15 is 0 Å². The van der Waals surface area contributed by atoms with Crippen LogP contribution in [-0.2, 0) is 0 Å². The fraction of sp³-hybridized carbons (Fsp3) is 0.0244. The third-order valence-corrected chi connectivity index (χ3v) is 8.39. The van der Waals surface area contributed by atoms with Crippen LogP contribution in [0.5, 0.6) is 0 Å². The maximum Gasteiger partial charge on any atom is 0.146 e. The van der Waals surface area contributed by atoms with Crippen molar-refractivity contribution in [1.82, 2.24) is 14.5 Å². The molecule has 0 unspecified atom stereocenters. The molecular formula is C41H27N3. The zero-order valence-electron chi connectivity index (χ0n) is 24.2. The highest BCUT2D eigenvalue weighted by Crippen LogP contribution is 2.40. The summed E-state index contributed by atoms with van der Waals surface area (Å²) in [7, 11) is 0. The molecule has 0 atom stereocenters. The van der Waals surface area contributed by atoms with E-state index < -0.39 is 0 Å². The number of para-hydroxylation sites is 2. The molecule has 3 heteroatoms. The van der Waals surface area contributed by atoms with E-state index in [9.17, 15) is 0 Å². The molecule has 0 bridgehead atoms. The minimum absolute atomic E-state index is 0.737. The largest absolute Gasteiger partial charge is 0.285 e. The molecule has 0 saturated heterocycles. The molecule has 0 aliphatic carbocycles. The number of rotatable bonds is 4. The number of imidazole rings is 1. The van der Waals surface area contributed by atoms with Gasteiger partial charge in [0.05, 0.1) is 27.8 Å². The minimum Gasteiger partial charge on any atom is -0.285 e. The Labute approximate surface area is 255 Å². The Hall–Kier alpha value is -5.98. The van der Waals surface area contributed by atoms with Crippen molar-refractivity contribution in [2.75, 3.05) is 0 Å². The normalized spacial score (nSPS) is 12.2. The molecule has 0 aliphatic heterocycles. The van der Waals surface area contributed by atoms with Crippen molar-refractivity contribution in [3.8, 4) is 34.9 Å². The van der Waals surface area contributed by atoms with Crippen molar-refractivity contribution in [2.24, 2.45) is 0 Å². The second-order valence-electron chi connectivity index (χ2n) is 10.9. The monoisotopic (exact) mass is 561 g/mol. The van der Waals surface area contributed by atoms with Crippen molar-refractivity contribution in [1.29, 1.82) is 0 Å². The lowest BCUT2D eigenvalue weighted by atomic mass is 9.92. The van der Waals surface area contributed by atoms with Gasteiger partial charge in [0.15, 0.2) is 0 Å². The number of nitrogens with zero attached hydrogens (tertiary/aromatic N) is 3. The number of hydrogen-bond acceptors (Lipinski definition) is 2. The molecule has 0 N–H and O–H groups in total. The Morgan fingerprint density at radius 2 is 1.23 bits per heavy atom. The smallest absolute Gasteiger partial charge is 0.146 e. The zero-order valence-corrected chi connectivity index (χ0v) is 24.2. The van der Waals surface area contributed by atoms with Gasteiger partial charge in [0.25, 0.3) is 0 Å². The molecule has 2 heterocycles. The van der Waals surface area contributed by atoms with Crippen LogP contribution in [0.25, 0.3) is 82.6 Å². The maximum atomic E-state index is 6.02. The molecule has 206 valence electrons. The summed E-state index contributed by atoms with van der Waals surface area (Å²) in [6.07, 6.45) is 11.9. The Kier molecular flexibility index (Phi) is 6.07. The van der Waals surface area contributed by atoms with E-state index in [1.165, 1.54) is 16.3 Å². The molecule has 6 aromatic carbocycles. The van der Waals surface area contributed by atoms with Crippen LogP contribution in [0.2, 0.25) is 0 Å². The van der Waals surface area contributed by atoms with Crippen LogP contribution in [0.3, 0.4) is 0 Å². The van der Waals surface area contributed by atoms with Crippen molar-refractivity contribution < 1.29 is 0 Å². The van der Waals surface area contributed by atoms with Gasteiger partial charge >= 0.3 is 0 Å². The van der Waals surface area contributed by atoms with E-state index in [-0.39, 0.29) is 0 Å². The minimum atomic E-state index is 0.737. The van der Waals surface area contributed by atoms with E-state index in [1.807, 2.05) is 43.4 Å². The lowest BCUT2D eigenvalue weighted by Crippen LogP contribution is -1.98. The van der Waals surface area contributed by atoms with Gasteiger partial charge in [-0.1, -0.05) is 127 Å². The van der Waals surface area contributed by atoms with Crippen LogP contribution in [-0.4, -0.2) is 14.5 Å². The molecule has 0 aliphatic rings. The average Bonchev–Trinajstić information content (AvgIpc) is 3.47. The number of hydrogen-bond donors (Lipinski definition) is 0. The maximum absolute atomic E-state index is 6.02. The van der Waals surface area contributed by atoms with Crippen LogP contribution in [0.1, 0.15) is 6.92 Å². The molecular weight excluding hydrogens is 534 g/mol. The van der Waals surface area contributed by atoms with Gasteiger partial charge in [-0.15, -0.1) is 6.42 Å². The molecule has 0 spiro atoms. The molecule has 0 amide bonds. The lowest BCUT2D eigenvalue weighted by Gasteiger charge is -2.15. The molecule has 0 saturated carbocycles. The summed E-state index contributed by atoms with van der Waals surface area (Å²) in [5.74, 6) is 3.69. The molecule has 0 radical (unpaired) electrons. The molecule has 3 nitrogen and oxygen atoms in total. The topological polar surface area (TPSA) is 30.7 Å². The van der Waals surface area contributed by atoms with Gasteiger partial charge in [0, 0.05) is 32.7 Å². The van der Waals surface area contributed by atoms with E-state index in [2.05, 4.69) is 114 Å². The summed E-state index contributed by atoms with van der Waals surface area (Å²) in [4.78, 5) is 10.4. The summed E-state index contributed by atoms with van der Waals surface area (Å²) in [6, 6.07) is 42.6. The predicted octanol–water partition coefficient (Wildman–Crippen LogP) is 10.4. The van der Waals surface area contributed by atoms with Gasteiger partial charge < -0.3 is 0 Å². The number of allylic oxidation sites excluding steroid dienone is 4. The van der Waals surface area contributed by atoms with E-state index in [4.69, 9.17) is 16.4 Å². The quantitative estimate of drug-likeness (QED) is 0.0926. The SMILES string of the molecule is C#C/C(=C\C=C/C)n1c(-c2ccc(-c3c4ccc5ccccc5c4nc4c3ccc3ccccc34)cc2)nc2ccccc21. The Morgan fingerprint density at radius 1 is 0.636 bits per heavy atom. The van der Waals surface area contributed by atoms with E-state index in [0.29, 0.717) is 0 Å². The first kappa shape index (κ1) is 25.7. The summed E-state index contributed by atoms with van der Waals surface area (Å²) < 4.78 is 2.07. The van der Waals surface area contributed by atoms with Crippen LogP contribution in [0.15, 0.2) is 140 Å². The van der Waals surface area contributed by atoms with Crippen LogP contribution >= 0.6 is 0 Å². The summed E-state index contributed by atoms with van der Waals surface area (Å²) in [6.45, 7) is 1.98.